The van der Waals surface area contributed by atoms with Crippen molar-refractivity contribution in [2.24, 2.45) is 0 Å². The molecule has 0 saturated heterocycles. The summed E-state index contributed by atoms with van der Waals surface area (Å²) >= 11 is 0. The third-order valence-corrected chi connectivity index (χ3v) is 3.69. The maximum Gasteiger partial charge on any atom is 1.00 e. The molecule has 0 bridgehead atoms. The standard InChI is InChI=1S/C14H15N3O.C6H4N3.Na/c1-3-11(2)16-13-8-7-12(10-15-13)17-9-5-4-6-14(17)18;1-2-5-6(7-3-1)9-4-8-5;/h4-11H,1-3H2,(H,15,16);1-3H,(H,7,8,9);/q-2;-1;+1. The van der Waals surface area contributed by atoms with E-state index in [0.717, 1.165) is 22.7 Å². The molecule has 0 fully saturated rings. The van der Waals surface area contributed by atoms with Gasteiger partial charge in [-0.25, -0.2) is 4.98 Å². The van der Waals surface area contributed by atoms with Crippen molar-refractivity contribution in [3.8, 4) is 5.69 Å². The van der Waals surface area contributed by atoms with Gasteiger partial charge in [0.1, 0.15) is 5.82 Å². The summed E-state index contributed by atoms with van der Waals surface area (Å²) < 4.78 is 1.54. The van der Waals surface area contributed by atoms with Gasteiger partial charge in [0.25, 0.3) is 5.56 Å². The number of aromatic nitrogens is 5. The first-order valence-electron chi connectivity index (χ1n) is 8.37. The summed E-state index contributed by atoms with van der Waals surface area (Å²) in [5, 5.41) is 3.11. The van der Waals surface area contributed by atoms with E-state index < -0.39 is 0 Å². The first-order valence-corrected chi connectivity index (χ1v) is 8.37. The number of nitrogens with zero attached hydrogens (tertiary/aromatic N) is 4. The fourth-order valence-corrected chi connectivity index (χ4v) is 2.26. The summed E-state index contributed by atoms with van der Waals surface area (Å²) in [5.41, 5.74) is 2.31. The Morgan fingerprint density at radius 1 is 1.18 bits per heavy atom. The monoisotopic (exact) mass is 382 g/mol. The Balaban J connectivity index is 0.000000235. The molecule has 2 N–H and O–H groups in total. The predicted octanol–water partition coefficient (Wildman–Crippen LogP) is -0.167. The van der Waals surface area contributed by atoms with Crippen molar-refractivity contribution in [3.05, 3.63) is 91.6 Å². The van der Waals surface area contributed by atoms with Gasteiger partial charge in [-0.3, -0.25) is 9.36 Å². The van der Waals surface area contributed by atoms with Gasteiger partial charge in [0.15, 0.2) is 0 Å². The number of hydrogen-bond donors (Lipinski definition) is 2. The van der Waals surface area contributed by atoms with Crippen LogP contribution in [-0.4, -0.2) is 30.5 Å². The first-order chi connectivity index (χ1) is 13.2. The smallest absolute Gasteiger partial charge is 0.446 e. The zero-order valence-electron chi connectivity index (χ0n) is 15.7. The fraction of sp³-hybridized carbons (Fsp3) is 0.100. The second-order valence-electron chi connectivity index (χ2n) is 5.66. The van der Waals surface area contributed by atoms with E-state index in [9.17, 15) is 4.79 Å². The molecule has 138 valence electrons. The minimum atomic E-state index is -0.0761. The van der Waals surface area contributed by atoms with Crippen molar-refractivity contribution >= 4 is 17.0 Å². The Labute approximate surface area is 185 Å². The summed E-state index contributed by atoms with van der Waals surface area (Å²) in [4.78, 5) is 26.5. The number of aromatic amines is 1. The average molecular weight is 382 g/mol. The molecular formula is C20H19N6NaO-2. The van der Waals surface area contributed by atoms with Crippen molar-refractivity contribution in [1.29, 1.82) is 0 Å². The Bertz CT molecular complexity index is 1010. The number of anilines is 1. The molecule has 1 atom stereocenters. The van der Waals surface area contributed by atoms with Crippen molar-refractivity contribution in [1.82, 2.24) is 24.5 Å². The van der Waals surface area contributed by atoms with Crippen LogP contribution in [0.4, 0.5) is 5.82 Å². The maximum absolute atomic E-state index is 11.6. The SMILES string of the molecule is [CH2-]CC([CH2-])Nc1ccc(-n2ccccc2=O)cn1.[Na+].[c-]1nc2cccnc2[nH]1. The zero-order chi connectivity index (χ0) is 19.1. The molecule has 0 aliphatic rings. The van der Waals surface area contributed by atoms with Gasteiger partial charge < -0.3 is 34.1 Å². The molecular weight excluding hydrogens is 363 g/mol. The zero-order valence-corrected chi connectivity index (χ0v) is 17.7. The van der Waals surface area contributed by atoms with Gasteiger partial charge in [-0.15, -0.1) is 6.04 Å². The van der Waals surface area contributed by atoms with Crippen LogP contribution < -0.4 is 40.4 Å². The number of nitrogens with one attached hydrogen (secondary N) is 2. The Kier molecular flexibility index (Phi) is 8.38. The minimum absolute atomic E-state index is 0. The molecule has 1 unspecified atom stereocenters. The van der Waals surface area contributed by atoms with Crippen LogP contribution in [0.15, 0.2) is 65.8 Å². The molecule has 7 nitrogen and oxygen atoms in total. The molecule has 0 aliphatic carbocycles. The molecule has 4 heterocycles. The normalized spacial score (nSPS) is 11.1. The van der Waals surface area contributed by atoms with Gasteiger partial charge in [0.05, 0.1) is 11.9 Å². The van der Waals surface area contributed by atoms with Crippen LogP contribution in [0, 0.1) is 20.2 Å². The van der Waals surface area contributed by atoms with E-state index in [0.29, 0.717) is 6.42 Å². The maximum atomic E-state index is 11.6. The van der Waals surface area contributed by atoms with E-state index >= 15 is 0 Å². The van der Waals surface area contributed by atoms with Gasteiger partial charge in [0, 0.05) is 24.1 Å². The van der Waals surface area contributed by atoms with Crippen LogP contribution in [-0.2, 0) is 0 Å². The van der Waals surface area contributed by atoms with Crippen LogP contribution in [0.3, 0.4) is 0 Å². The van der Waals surface area contributed by atoms with Crippen LogP contribution in [0.5, 0.6) is 0 Å². The number of fused-ring (bicyclic) bond motifs is 1. The summed E-state index contributed by atoms with van der Waals surface area (Å²) in [6, 6.07) is 12.5. The van der Waals surface area contributed by atoms with E-state index in [4.69, 9.17) is 0 Å². The minimum Gasteiger partial charge on any atom is -0.446 e. The fourth-order valence-electron chi connectivity index (χ4n) is 2.26. The van der Waals surface area contributed by atoms with Crippen molar-refractivity contribution in [2.75, 3.05) is 5.32 Å². The Morgan fingerprint density at radius 2 is 2.04 bits per heavy atom. The molecule has 8 heteroatoms. The molecule has 4 aromatic rings. The second-order valence-corrected chi connectivity index (χ2v) is 5.66. The predicted molar refractivity (Wildman–Crippen MR) is 105 cm³/mol. The van der Waals surface area contributed by atoms with Crippen LogP contribution in [0.1, 0.15) is 6.42 Å². The van der Waals surface area contributed by atoms with Crippen LogP contribution >= 0.6 is 0 Å². The van der Waals surface area contributed by atoms with Gasteiger partial charge in [-0.05, 0) is 24.5 Å². The number of hydrogen-bond acceptors (Lipinski definition) is 5. The molecule has 0 aromatic carbocycles. The molecule has 4 aromatic heterocycles. The van der Waals surface area contributed by atoms with Crippen molar-refractivity contribution in [3.63, 3.8) is 0 Å². The molecule has 28 heavy (non-hydrogen) atoms. The topological polar surface area (TPSA) is 88.5 Å². The Hall–Kier alpha value is -2.48. The molecule has 0 radical (unpaired) electrons. The van der Waals surface area contributed by atoms with E-state index in [1.54, 1.807) is 29.2 Å². The van der Waals surface area contributed by atoms with Crippen molar-refractivity contribution in [2.45, 2.75) is 12.5 Å². The van der Waals surface area contributed by atoms with Gasteiger partial charge >= 0.3 is 29.6 Å². The van der Waals surface area contributed by atoms with E-state index in [1.807, 2.05) is 30.3 Å². The van der Waals surface area contributed by atoms with Gasteiger partial charge in [0.2, 0.25) is 0 Å². The quantitative estimate of drug-likeness (QED) is 0.378. The first kappa shape index (κ1) is 21.8. The summed E-state index contributed by atoms with van der Waals surface area (Å²) in [6.45, 7) is 7.64. The third kappa shape index (κ3) is 5.76. The van der Waals surface area contributed by atoms with E-state index in [-0.39, 0.29) is 41.2 Å². The van der Waals surface area contributed by atoms with Crippen LogP contribution in [0.2, 0.25) is 0 Å². The van der Waals surface area contributed by atoms with Gasteiger partial charge in [-0.1, -0.05) is 23.7 Å². The number of imidazole rings is 1. The molecule has 4 rings (SSSR count). The third-order valence-electron chi connectivity index (χ3n) is 3.69. The second kappa shape index (κ2) is 10.8. The number of pyridine rings is 3. The average Bonchev–Trinajstić information content (AvgIpc) is 3.18. The van der Waals surface area contributed by atoms with Crippen molar-refractivity contribution < 1.29 is 29.6 Å². The Morgan fingerprint density at radius 3 is 2.71 bits per heavy atom. The number of H-pyrrole nitrogens is 1. The van der Waals surface area contributed by atoms with E-state index in [1.165, 1.54) is 6.07 Å². The largest absolute Gasteiger partial charge is 1.00 e. The van der Waals surface area contributed by atoms with Crippen LogP contribution in [0.25, 0.3) is 16.9 Å². The van der Waals surface area contributed by atoms with Gasteiger partial charge in [-0.2, -0.15) is 6.42 Å². The molecule has 0 amide bonds. The van der Waals surface area contributed by atoms with E-state index in [2.05, 4.69) is 45.4 Å². The molecule has 0 aliphatic heterocycles. The molecule has 0 spiro atoms. The summed E-state index contributed by atoms with van der Waals surface area (Å²) in [6.07, 6.45) is 8.37. The summed E-state index contributed by atoms with van der Waals surface area (Å²) in [5.74, 6) is 0.728. The summed E-state index contributed by atoms with van der Waals surface area (Å²) in [7, 11) is 0. The molecule has 0 saturated carbocycles. The number of rotatable bonds is 4.